The number of nitrogens with zero attached hydrogens (tertiary/aromatic N) is 4. The minimum absolute atomic E-state index is 0.0740. The SMILES string of the molecule is COC(=O)c1nc(N2C[C@H]3C[C@@H](Oc4cccc5c4CCCC5)[C@H](O)C[C@H]3C2)n(C)n1. The summed E-state index contributed by atoms with van der Waals surface area (Å²) in [7, 11) is 3.12. The Balaban J connectivity index is 1.30. The number of ether oxygens (including phenoxy) is 2. The highest BCUT2D eigenvalue weighted by atomic mass is 16.5. The highest BCUT2D eigenvalue weighted by Crippen LogP contribution is 2.40. The molecule has 3 aliphatic rings. The lowest BCUT2D eigenvalue weighted by Crippen LogP contribution is -2.42. The van der Waals surface area contributed by atoms with E-state index in [2.05, 4.69) is 33.2 Å². The number of anilines is 1. The third-order valence-corrected chi connectivity index (χ3v) is 7.11. The van der Waals surface area contributed by atoms with Gasteiger partial charge in [-0.05, 0) is 67.6 Å². The van der Waals surface area contributed by atoms with Gasteiger partial charge in [0.2, 0.25) is 5.95 Å². The van der Waals surface area contributed by atoms with Crippen molar-refractivity contribution in [2.24, 2.45) is 18.9 Å². The zero-order chi connectivity index (χ0) is 21.5. The van der Waals surface area contributed by atoms with E-state index in [0.29, 0.717) is 24.2 Å². The number of aryl methyl sites for hydroxylation is 2. The number of aliphatic hydroxyl groups is 1. The molecule has 2 aliphatic carbocycles. The first-order valence-electron chi connectivity index (χ1n) is 11.2. The predicted molar refractivity (Wildman–Crippen MR) is 114 cm³/mol. The zero-order valence-electron chi connectivity index (χ0n) is 18.2. The molecule has 4 atom stereocenters. The van der Waals surface area contributed by atoms with Crippen molar-refractivity contribution in [2.45, 2.75) is 50.7 Å². The fourth-order valence-corrected chi connectivity index (χ4v) is 5.53. The molecule has 2 aromatic rings. The molecule has 1 saturated heterocycles. The Kier molecular flexibility index (Phi) is 5.33. The lowest BCUT2D eigenvalue weighted by Gasteiger charge is -2.36. The summed E-state index contributed by atoms with van der Waals surface area (Å²) in [5, 5.41) is 15.0. The molecule has 0 bridgehead atoms. The van der Waals surface area contributed by atoms with Gasteiger partial charge in [0.15, 0.2) is 0 Å². The summed E-state index contributed by atoms with van der Waals surface area (Å²) in [5.41, 5.74) is 2.72. The van der Waals surface area contributed by atoms with Gasteiger partial charge in [0.25, 0.3) is 5.82 Å². The Hall–Kier alpha value is -2.61. The molecular formula is C23H30N4O4. The number of carbonyl (C=O) groups is 1. The van der Waals surface area contributed by atoms with Crippen LogP contribution in [0, 0.1) is 11.8 Å². The molecule has 1 aromatic carbocycles. The van der Waals surface area contributed by atoms with Crippen LogP contribution in [0.2, 0.25) is 0 Å². The molecule has 2 heterocycles. The van der Waals surface area contributed by atoms with E-state index >= 15 is 0 Å². The Labute approximate surface area is 182 Å². The van der Waals surface area contributed by atoms with E-state index in [-0.39, 0.29) is 11.9 Å². The van der Waals surface area contributed by atoms with Crippen molar-refractivity contribution in [3.63, 3.8) is 0 Å². The third kappa shape index (κ3) is 3.78. The first-order valence-corrected chi connectivity index (χ1v) is 11.2. The number of fused-ring (bicyclic) bond motifs is 2. The van der Waals surface area contributed by atoms with Crippen LogP contribution in [0.25, 0.3) is 0 Å². The molecule has 0 unspecified atom stereocenters. The lowest BCUT2D eigenvalue weighted by molar-refractivity contribution is -0.0236. The van der Waals surface area contributed by atoms with Crippen molar-refractivity contribution in [2.75, 3.05) is 25.1 Å². The number of hydrogen-bond donors (Lipinski definition) is 1. The van der Waals surface area contributed by atoms with Crippen molar-refractivity contribution in [3.05, 3.63) is 35.2 Å². The highest BCUT2D eigenvalue weighted by molar-refractivity contribution is 5.85. The molecule has 8 nitrogen and oxygen atoms in total. The number of aliphatic hydroxyl groups excluding tert-OH is 1. The minimum atomic E-state index is -0.534. The van der Waals surface area contributed by atoms with Crippen LogP contribution in [0.4, 0.5) is 5.95 Å². The summed E-state index contributed by atoms with van der Waals surface area (Å²) in [4.78, 5) is 18.3. The molecule has 1 aromatic heterocycles. The number of rotatable bonds is 4. The standard InChI is InChI=1S/C23H30N4O4/c1-26-23(24-21(25-26)22(29)30-2)27-12-15-10-18(28)20(11-16(15)13-27)31-19-9-5-7-14-6-3-4-8-17(14)19/h5,7,9,15-16,18,20,28H,3-4,6,8,10-13H2,1-2H3/t15-,16+,18+,20+/m0/s1. The van der Waals surface area contributed by atoms with Crippen LogP contribution in [0.5, 0.6) is 5.75 Å². The average Bonchev–Trinajstić information content (AvgIpc) is 3.36. The monoisotopic (exact) mass is 426 g/mol. The van der Waals surface area contributed by atoms with Gasteiger partial charge in [-0.3, -0.25) is 0 Å². The maximum absolute atomic E-state index is 11.8. The van der Waals surface area contributed by atoms with Gasteiger partial charge in [0.1, 0.15) is 11.9 Å². The largest absolute Gasteiger partial charge is 0.487 e. The van der Waals surface area contributed by atoms with E-state index in [4.69, 9.17) is 9.47 Å². The second-order valence-electron chi connectivity index (χ2n) is 9.07. The maximum Gasteiger partial charge on any atom is 0.378 e. The van der Waals surface area contributed by atoms with Gasteiger partial charge in [-0.1, -0.05) is 12.1 Å². The Morgan fingerprint density at radius 2 is 1.94 bits per heavy atom. The number of carbonyl (C=O) groups excluding carboxylic acids is 1. The van der Waals surface area contributed by atoms with Crippen molar-refractivity contribution >= 4 is 11.9 Å². The van der Waals surface area contributed by atoms with Crippen molar-refractivity contribution in [1.29, 1.82) is 0 Å². The smallest absolute Gasteiger partial charge is 0.378 e. The quantitative estimate of drug-likeness (QED) is 0.749. The fraction of sp³-hybridized carbons (Fsp3) is 0.609. The predicted octanol–water partition coefficient (Wildman–Crippen LogP) is 2.14. The van der Waals surface area contributed by atoms with Crippen molar-refractivity contribution < 1.29 is 19.4 Å². The number of esters is 1. The average molecular weight is 427 g/mol. The number of aromatic nitrogens is 3. The highest BCUT2D eigenvalue weighted by Gasteiger charge is 2.44. The summed E-state index contributed by atoms with van der Waals surface area (Å²) in [6.45, 7) is 1.61. The number of hydrogen-bond acceptors (Lipinski definition) is 7. The van der Waals surface area contributed by atoms with Crippen LogP contribution in [0.15, 0.2) is 18.2 Å². The molecule has 166 valence electrons. The molecule has 0 amide bonds. The molecule has 1 N–H and O–H groups in total. The van der Waals surface area contributed by atoms with E-state index in [0.717, 1.165) is 38.1 Å². The fourth-order valence-electron chi connectivity index (χ4n) is 5.53. The third-order valence-electron chi connectivity index (χ3n) is 7.11. The summed E-state index contributed by atoms with van der Waals surface area (Å²) < 4.78 is 12.8. The summed E-state index contributed by atoms with van der Waals surface area (Å²) >= 11 is 0. The number of methoxy groups -OCH3 is 1. The van der Waals surface area contributed by atoms with Crippen LogP contribution >= 0.6 is 0 Å². The van der Waals surface area contributed by atoms with Gasteiger partial charge in [0, 0.05) is 20.1 Å². The maximum atomic E-state index is 11.8. The molecule has 0 radical (unpaired) electrons. The Morgan fingerprint density at radius 1 is 1.16 bits per heavy atom. The molecule has 31 heavy (non-hydrogen) atoms. The Morgan fingerprint density at radius 3 is 2.74 bits per heavy atom. The lowest BCUT2D eigenvalue weighted by atomic mass is 9.78. The molecule has 1 aliphatic heterocycles. The second-order valence-corrected chi connectivity index (χ2v) is 9.07. The molecule has 0 spiro atoms. The van der Waals surface area contributed by atoms with Crippen LogP contribution in [-0.2, 0) is 24.6 Å². The van der Waals surface area contributed by atoms with Gasteiger partial charge in [0.05, 0.1) is 13.2 Å². The van der Waals surface area contributed by atoms with Gasteiger partial charge in [-0.2, -0.15) is 4.98 Å². The summed E-state index contributed by atoms with van der Waals surface area (Å²) in [6, 6.07) is 6.33. The summed E-state index contributed by atoms with van der Waals surface area (Å²) in [5.74, 6) is 1.94. The van der Waals surface area contributed by atoms with E-state index in [1.165, 1.54) is 31.1 Å². The van der Waals surface area contributed by atoms with Gasteiger partial charge >= 0.3 is 5.97 Å². The van der Waals surface area contributed by atoms with Gasteiger partial charge in [-0.15, -0.1) is 5.10 Å². The van der Waals surface area contributed by atoms with Crippen LogP contribution in [-0.4, -0.2) is 58.2 Å². The molecule has 8 heteroatoms. The molecular weight excluding hydrogens is 396 g/mol. The second kappa shape index (κ2) is 8.15. The zero-order valence-corrected chi connectivity index (χ0v) is 18.2. The van der Waals surface area contributed by atoms with Crippen LogP contribution < -0.4 is 9.64 Å². The van der Waals surface area contributed by atoms with E-state index < -0.39 is 12.1 Å². The van der Waals surface area contributed by atoms with Gasteiger partial charge < -0.3 is 19.5 Å². The minimum Gasteiger partial charge on any atom is -0.487 e. The van der Waals surface area contributed by atoms with E-state index in [9.17, 15) is 9.90 Å². The van der Waals surface area contributed by atoms with Crippen molar-refractivity contribution in [3.8, 4) is 5.75 Å². The first-order chi connectivity index (χ1) is 15.0. The van der Waals surface area contributed by atoms with Gasteiger partial charge in [-0.25, -0.2) is 9.48 Å². The van der Waals surface area contributed by atoms with Crippen LogP contribution in [0.3, 0.4) is 0 Å². The molecule has 5 rings (SSSR count). The number of benzene rings is 1. The van der Waals surface area contributed by atoms with Crippen LogP contribution in [0.1, 0.15) is 47.4 Å². The van der Waals surface area contributed by atoms with E-state index in [1.807, 2.05) is 0 Å². The summed E-state index contributed by atoms with van der Waals surface area (Å²) in [6.07, 6.45) is 5.46. The molecule has 2 fully saturated rings. The Bertz CT molecular complexity index is 974. The molecule has 1 saturated carbocycles. The first kappa shape index (κ1) is 20.3. The normalized spacial score (nSPS) is 27.5. The topological polar surface area (TPSA) is 89.7 Å². The van der Waals surface area contributed by atoms with E-state index in [1.54, 1.807) is 11.7 Å². The van der Waals surface area contributed by atoms with Crippen molar-refractivity contribution in [1.82, 2.24) is 14.8 Å².